The Labute approximate surface area is 182 Å². The molecule has 0 fully saturated rings. The number of fused-ring (bicyclic) bond motifs is 1. The average molecular weight is 414 g/mol. The summed E-state index contributed by atoms with van der Waals surface area (Å²) < 4.78 is 12.2. The van der Waals surface area contributed by atoms with Crippen LogP contribution in [-0.2, 0) is 9.53 Å². The van der Waals surface area contributed by atoms with Gasteiger partial charge >= 0.3 is 0 Å². The Hall–Kier alpha value is -2.07. The van der Waals surface area contributed by atoms with E-state index in [0.29, 0.717) is 43.8 Å². The molecule has 0 aliphatic rings. The number of carbonyl (C=O) groups is 1. The maximum atomic E-state index is 13.6. The van der Waals surface area contributed by atoms with Crippen LogP contribution in [0.5, 0.6) is 5.75 Å². The lowest BCUT2D eigenvalue weighted by molar-refractivity contribution is -0.146. The lowest BCUT2D eigenvalue weighted by atomic mass is 9.83. The highest BCUT2D eigenvalue weighted by molar-refractivity contribution is 6.06. The zero-order valence-corrected chi connectivity index (χ0v) is 19.7. The molecule has 0 aliphatic carbocycles. The van der Waals surface area contributed by atoms with Crippen LogP contribution in [0.2, 0.25) is 0 Å². The number of rotatable bonds is 11. The number of carbonyl (C=O) groups excluding carboxylic acids is 1. The van der Waals surface area contributed by atoms with Crippen molar-refractivity contribution in [1.29, 1.82) is 0 Å². The van der Waals surface area contributed by atoms with Crippen LogP contribution in [0.25, 0.3) is 10.8 Å². The second kappa shape index (κ2) is 10.8. The van der Waals surface area contributed by atoms with E-state index in [4.69, 9.17) is 9.47 Å². The first-order chi connectivity index (χ1) is 14.2. The quantitative estimate of drug-likeness (QED) is 0.447. The van der Waals surface area contributed by atoms with Gasteiger partial charge in [0.1, 0.15) is 11.4 Å². The van der Waals surface area contributed by atoms with Crippen molar-refractivity contribution >= 4 is 22.4 Å². The summed E-state index contributed by atoms with van der Waals surface area (Å²) in [5.74, 6) is 1.93. The van der Waals surface area contributed by atoms with Gasteiger partial charge in [0.25, 0.3) is 5.91 Å². The minimum Gasteiger partial charge on any atom is -0.493 e. The molecule has 0 saturated carbocycles. The van der Waals surface area contributed by atoms with Gasteiger partial charge in [-0.2, -0.15) is 0 Å². The molecular formula is C26H39NO3. The number of ether oxygens (including phenoxy) is 2. The lowest BCUT2D eigenvalue weighted by Crippen LogP contribution is -2.47. The van der Waals surface area contributed by atoms with E-state index in [-0.39, 0.29) is 5.91 Å². The van der Waals surface area contributed by atoms with E-state index in [0.717, 1.165) is 22.2 Å². The zero-order valence-electron chi connectivity index (χ0n) is 19.7. The summed E-state index contributed by atoms with van der Waals surface area (Å²) in [6, 6.07) is 11.9. The highest BCUT2D eigenvalue weighted by Gasteiger charge is 2.40. The van der Waals surface area contributed by atoms with Gasteiger partial charge in [0, 0.05) is 23.1 Å². The molecule has 166 valence electrons. The summed E-state index contributed by atoms with van der Waals surface area (Å²) in [4.78, 5) is 13.6. The fourth-order valence-electron chi connectivity index (χ4n) is 4.05. The predicted molar refractivity (Wildman–Crippen MR) is 126 cm³/mol. The van der Waals surface area contributed by atoms with Gasteiger partial charge in [-0.15, -0.1) is 0 Å². The predicted octanol–water partition coefficient (Wildman–Crippen LogP) is 6.68. The van der Waals surface area contributed by atoms with E-state index in [1.807, 2.05) is 43.3 Å². The molecule has 0 bridgehead atoms. The zero-order chi connectivity index (χ0) is 22.3. The van der Waals surface area contributed by atoms with Gasteiger partial charge in [-0.3, -0.25) is 4.79 Å². The molecule has 0 heterocycles. The standard InChI is InChI=1S/C26H39NO3/c1-8-30-26(15-18(2)3,16-19(4)5)25(28)27-23-13-14-24(29-17-20(6)7)22-12-10-9-11-21(22)23/h9-14,18-20H,8,15-17H2,1-7H3,(H,27,28). The van der Waals surface area contributed by atoms with Crippen LogP contribution in [-0.4, -0.2) is 24.7 Å². The maximum absolute atomic E-state index is 13.6. The Kier molecular flexibility index (Phi) is 8.72. The Bertz CT molecular complexity index is 816. The van der Waals surface area contributed by atoms with Gasteiger partial charge < -0.3 is 14.8 Å². The smallest absolute Gasteiger partial charge is 0.256 e. The number of nitrogens with one attached hydrogen (secondary N) is 1. The third-order valence-corrected chi connectivity index (χ3v) is 5.01. The average Bonchev–Trinajstić information content (AvgIpc) is 2.66. The Morgan fingerprint density at radius 3 is 2.03 bits per heavy atom. The van der Waals surface area contributed by atoms with E-state index < -0.39 is 5.60 Å². The molecule has 2 rings (SSSR count). The number of hydrogen-bond acceptors (Lipinski definition) is 3. The summed E-state index contributed by atoms with van der Waals surface area (Å²) in [5.41, 5.74) is -0.0329. The van der Waals surface area contributed by atoms with E-state index in [1.54, 1.807) is 0 Å². The summed E-state index contributed by atoms with van der Waals surface area (Å²) in [6.07, 6.45) is 1.39. The molecule has 0 atom stereocenters. The first-order valence-corrected chi connectivity index (χ1v) is 11.3. The molecule has 4 nitrogen and oxygen atoms in total. The molecule has 1 N–H and O–H groups in total. The van der Waals surface area contributed by atoms with E-state index in [1.165, 1.54) is 0 Å². The largest absolute Gasteiger partial charge is 0.493 e. The van der Waals surface area contributed by atoms with Gasteiger partial charge in [0.05, 0.1) is 6.61 Å². The summed E-state index contributed by atoms with van der Waals surface area (Å²) in [5, 5.41) is 5.18. The monoisotopic (exact) mass is 413 g/mol. The summed E-state index contributed by atoms with van der Waals surface area (Å²) >= 11 is 0. The fourth-order valence-corrected chi connectivity index (χ4v) is 4.05. The molecule has 0 aromatic heterocycles. The van der Waals surface area contributed by atoms with Crippen LogP contribution in [0.3, 0.4) is 0 Å². The van der Waals surface area contributed by atoms with Crippen molar-refractivity contribution in [2.75, 3.05) is 18.5 Å². The van der Waals surface area contributed by atoms with Crippen LogP contribution < -0.4 is 10.1 Å². The van der Waals surface area contributed by atoms with Crippen molar-refractivity contribution in [2.24, 2.45) is 17.8 Å². The topological polar surface area (TPSA) is 47.6 Å². The summed E-state index contributed by atoms with van der Waals surface area (Å²) in [7, 11) is 0. The Balaban J connectivity index is 2.41. The molecule has 0 unspecified atom stereocenters. The molecule has 2 aromatic carbocycles. The maximum Gasteiger partial charge on any atom is 0.256 e. The number of benzene rings is 2. The summed E-state index contributed by atoms with van der Waals surface area (Å²) in [6.45, 7) is 15.9. The third kappa shape index (κ3) is 6.21. The third-order valence-electron chi connectivity index (χ3n) is 5.01. The van der Waals surface area contributed by atoms with Crippen LogP contribution in [0.15, 0.2) is 36.4 Å². The van der Waals surface area contributed by atoms with Crippen LogP contribution >= 0.6 is 0 Å². The molecule has 2 aromatic rings. The molecule has 0 aliphatic heterocycles. The number of amides is 1. The van der Waals surface area contributed by atoms with Crippen LogP contribution in [0, 0.1) is 17.8 Å². The molecule has 0 saturated heterocycles. The molecule has 0 radical (unpaired) electrons. The van der Waals surface area contributed by atoms with Crippen molar-refractivity contribution in [3.63, 3.8) is 0 Å². The molecular weight excluding hydrogens is 374 g/mol. The van der Waals surface area contributed by atoms with Crippen molar-refractivity contribution in [3.8, 4) is 5.75 Å². The SMILES string of the molecule is CCOC(CC(C)C)(CC(C)C)C(=O)Nc1ccc(OCC(C)C)c2ccccc12. The second-order valence-corrected chi connectivity index (χ2v) is 9.44. The van der Waals surface area contributed by atoms with E-state index in [9.17, 15) is 4.79 Å². The highest BCUT2D eigenvalue weighted by atomic mass is 16.5. The lowest BCUT2D eigenvalue weighted by Gasteiger charge is -2.35. The van der Waals surface area contributed by atoms with Gasteiger partial charge in [0.15, 0.2) is 0 Å². The van der Waals surface area contributed by atoms with Gasteiger partial charge in [-0.1, -0.05) is 65.8 Å². The second-order valence-electron chi connectivity index (χ2n) is 9.44. The first kappa shape index (κ1) is 24.2. The number of hydrogen-bond donors (Lipinski definition) is 1. The van der Waals surface area contributed by atoms with E-state index >= 15 is 0 Å². The van der Waals surface area contributed by atoms with Gasteiger partial charge in [-0.05, 0) is 49.7 Å². The molecule has 4 heteroatoms. The highest BCUT2D eigenvalue weighted by Crippen LogP contribution is 2.35. The van der Waals surface area contributed by atoms with Crippen molar-refractivity contribution in [1.82, 2.24) is 0 Å². The fraction of sp³-hybridized carbons (Fsp3) is 0.577. The van der Waals surface area contributed by atoms with Crippen molar-refractivity contribution in [3.05, 3.63) is 36.4 Å². The van der Waals surface area contributed by atoms with E-state index in [2.05, 4.69) is 46.9 Å². The minimum absolute atomic E-state index is 0.0623. The Morgan fingerprint density at radius 1 is 0.900 bits per heavy atom. The van der Waals surface area contributed by atoms with Gasteiger partial charge in [-0.25, -0.2) is 0 Å². The minimum atomic E-state index is -0.828. The molecule has 0 spiro atoms. The molecule has 1 amide bonds. The first-order valence-electron chi connectivity index (χ1n) is 11.3. The van der Waals surface area contributed by atoms with Crippen LogP contribution in [0.1, 0.15) is 61.3 Å². The Morgan fingerprint density at radius 2 is 1.50 bits per heavy atom. The van der Waals surface area contributed by atoms with Crippen molar-refractivity contribution in [2.45, 2.75) is 66.9 Å². The van der Waals surface area contributed by atoms with Crippen LogP contribution in [0.4, 0.5) is 5.69 Å². The number of anilines is 1. The molecule has 30 heavy (non-hydrogen) atoms. The normalized spacial score (nSPS) is 12.2. The van der Waals surface area contributed by atoms with Crippen molar-refractivity contribution < 1.29 is 14.3 Å². The van der Waals surface area contributed by atoms with Gasteiger partial charge in [0.2, 0.25) is 0 Å².